The van der Waals surface area contributed by atoms with E-state index in [0.717, 1.165) is 18.3 Å². The molecule has 4 rings (SSSR count). The average molecular weight is 193 g/mol. The summed E-state index contributed by atoms with van der Waals surface area (Å²) >= 11 is 0. The molecule has 4 heterocycles. The molecule has 0 saturated carbocycles. The van der Waals surface area contributed by atoms with Gasteiger partial charge in [0.15, 0.2) is 5.82 Å². The van der Waals surface area contributed by atoms with E-state index in [9.17, 15) is 0 Å². The van der Waals surface area contributed by atoms with Crippen LogP contribution in [0, 0.1) is 12.8 Å². The molecular formula is C10H15N3O. The van der Waals surface area contributed by atoms with Crippen LogP contribution in [0.1, 0.15) is 30.5 Å². The Morgan fingerprint density at radius 2 is 2.14 bits per heavy atom. The molecular weight excluding hydrogens is 178 g/mol. The lowest BCUT2D eigenvalue weighted by molar-refractivity contribution is 0.0825. The van der Waals surface area contributed by atoms with E-state index < -0.39 is 0 Å². The van der Waals surface area contributed by atoms with Crippen molar-refractivity contribution in [3.05, 3.63) is 11.7 Å². The number of aryl methyl sites for hydroxylation is 1. The monoisotopic (exact) mass is 193 g/mol. The maximum atomic E-state index is 5.05. The highest BCUT2D eigenvalue weighted by atomic mass is 16.5. The minimum Gasteiger partial charge on any atom is -0.340 e. The molecule has 0 amide bonds. The van der Waals surface area contributed by atoms with Crippen molar-refractivity contribution < 1.29 is 4.52 Å². The third-order valence-electron chi connectivity index (χ3n) is 3.53. The molecule has 2 bridgehead atoms. The van der Waals surface area contributed by atoms with E-state index >= 15 is 0 Å². The zero-order valence-corrected chi connectivity index (χ0v) is 8.44. The van der Waals surface area contributed by atoms with Crippen molar-refractivity contribution in [2.24, 2.45) is 5.92 Å². The van der Waals surface area contributed by atoms with E-state index in [1.807, 2.05) is 6.92 Å². The summed E-state index contributed by atoms with van der Waals surface area (Å²) in [7, 11) is 0. The van der Waals surface area contributed by atoms with Crippen molar-refractivity contribution in [3.63, 3.8) is 0 Å². The van der Waals surface area contributed by atoms with Gasteiger partial charge in [-0.05, 0) is 31.8 Å². The Kier molecular flexibility index (Phi) is 1.83. The Morgan fingerprint density at radius 3 is 2.64 bits per heavy atom. The summed E-state index contributed by atoms with van der Waals surface area (Å²) in [6.45, 7) is 5.51. The van der Waals surface area contributed by atoms with E-state index in [1.165, 1.54) is 25.9 Å². The highest BCUT2D eigenvalue weighted by Crippen LogP contribution is 2.37. The molecule has 3 aliphatic heterocycles. The van der Waals surface area contributed by atoms with E-state index in [2.05, 4.69) is 15.0 Å². The van der Waals surface area contributed by atoms with Crippen LogP contribution in [0.5, 0.6) is 0 Å². The van der Waals surface area contributed by atoms with Gasteiger partial charge >= 0.3 is 0 Å². The number of fused-ring (bicyclic) bond motifs is 3. The van der Waals surface area contributed by atoms with Crippen LogP contribution >= 0.6 is 0 Å². The molecule has 4 nitrogen and oxygen atoms in total. The van der Waals surface area contributed by atoms with Gasteiger partial charge < -0.3 is 9.42 Å². The summed E-state index contributed by atoms with van der Waals surface area (Å²) in [4.78, 5) is 6.86. The Hall–Kier alpha value is -0.900. The maximum Gasteiger partial charge on any atom is 0.223 e. The van der Waals surface area contributed by atoms with Gasteiger partial charge in [-0.15, -0.1) is 0 Å². The molecule has 0 spiro atoms. The molecule has 0 aromatic carbocycles. The zero-order valence-electron chi connectivity index (χ0n) is 8.44. The first-order valence-electron chi connectivity index (χ1n) is 5.35. The lowest BCUT2D eigenvalue weighted by Crippen LogP contribution is -2.46. The van der Waals surface area contributed by atoms with Crippen LogP contribution in [0.2, 0.25) is 0 Å². The molecule has 4 heteroatoms. The fourth-order valence-electron chi connectivity index (χ4n) is 2.72. The number of piperidine rings is 3. The van der Waals surface area contributed by atoms with E-state index in [0.29, 0.717) is 11.8 Å². The predicted molar refractivity (Wildman–Crippen MR) is 50.9 cm³/mol. The molecule has 0 aliphatic carbocycles. The molecule has 14 heavy (non-hydrogen) atoms. The SMILES string of the molecule is Cc1nc(C2CN3CCC2CC3)no1. The summed E-state index contributed by atoms with van der Waals surface area (Å²) in [5.74, 6) is 2.93. The third kappa shape index (κ3) is 1.25. The summed E-state index contributed by atoms with van der Waals surface area (Å²) in [6.07, 6.45) is 2.61. The smallest absolute Gasteiger partial charge is 0.223 e. The van der Waals surface area contributed by atoms with E-state index in [4.69, 9.17) is 4.52 Å². The summed E-state index contributed by atoms with van der Waals surface area (Å²) in [5.41, 5.74) is 0. The lowest BCUT2D eigenvalue weighted by atomic mass is 9.79. The normalized spacial score (nSPS) is 36.2. The second-order valence-electron chi connectivity index (χ2n) is 4.42. The first-order valence-corrected chi connectivity index (χ1v) is 5.35. The second kappa shape index (κ2) is 3.05. The molecule has 3 aliphatic rings. The van der Waals surface area contributed by atoms with Gasteiger partial charge in [0, 0.05) is 19.4 Å². The van der Waals surface area contributed by atoms with Crippen LogP contribution in [0.25, 0.3) is 0 Å². The molecule has 76 valence electrons. The first kappa shape index (κ1) is 8.41. The minimum absolute atomic E-state index is 0.523. The molecule has 3 fully saturated rings. The standard InChI is InChI=1S/C10H15N3O/c1-7-11-10(12-14-7)9-6-13-4-2-8(9)3-5-13/h8-9H,2-6H2,1H3. The van der Waals surface area contributed by atoms with Crippen LogP contribution < -0.4 is 0 Å². The summed E-state index contributed by atoms with van der Waals surface area (Å²) in [5, 5.41) is 4.05. The number of hydrogen-bond donors (Lipinski definition) is 0. The van der Waals surface area contributed by atoms with Gasteiger partial charge in [0.2, 0.25) is 5.89 Å². The number of aromatic nitrogens is 2. The van der Waals surface area contributed by atoms with Crippen molar-refractivity contribution >= 4 is 0 Å². The maximum absolute atomic E-state index is 5.05. The van der Waals surface area contributed by atoms with Crippen molar-refractivity contribution in [1.82, 2.24) is 15.0 Å². The Balaban J connectivity index is 1.85. The predicted octanol–water partition coefficient (Wildman–Crippen LogP) is 1.19. The van der Waals surface area contributed by atoms with Gasteiger partial charge in [0.25, 0.3) is 0 Å². The van der Waals surface area contributed by atoms with E-state index in [1.54, 1.807) is 0 Å². The van der Waals surface area contributed by atoms with Gasteiger partial charge in [0.1, 0.15) is 0 Å². The number of nitrogens with zero attached hydrogens (tertiary/aromatic N) is 3. The first-order chi connectivity index (χ1) is 6.83. The van der Waals surface area contributed by atoms with Crippen molar-refractivity contribution in [3.8, 4) is 0 Å². The van der Waals surface area contributed by atoms with Gasteiger partial charge in [-0.3, -0.25) is 0 Å². The van der Waals surface area contributed by atoms with Gasteiger partial charge in [0.05, 0.1) is 0 Å². The minimum atomic E-state index is 0.523. The fourth-order valence-corrected chi connectivity index (χ4v) is 2.72. The molecule has 1 aromatic rings. The van der Waals surface area contributed by atoms with Crippen LogP contribution in [0.4, 0.5) is 0 Å². The molecule has 0 radical (unpaired) electrons. The Morgan fingerprint density at radius 1 is 1.36 bits per heavy atom. The van der Waals surface area contributed by atoms with Crippen LogP contribution in [0.15, 0.2) is 4.52 Å². The lowest BCUT2D eigenvalue weighted by Gasteiger charge is -2.43. The van der Waals surface area contributed by atoms with Crippen LogP contribution in [-0.2, 0) is 0 Å². The summed E-state index contributed by atoms with van der Waals surface area (Å²) < 4.78 is 5.05. The molecule has 3 saturated heterocycles. The van der Waals surface area contributed by atoms with Crippen LogP contribution in [0.3, 0.4) is 0 Å². The van der Waals surface area contributed by atoms with Crippen molar-refractivity contribution in [2.45, 2.75) is 25.7 Å². The zero-order chi connectivity index (χ0) is 9.54. The second-order valence-corrected chi connectivity index (χ2v) is 4.42. The quantitative estimate of drug-likeness (QED) is 0.671. The fraction of sp³-hybridized carbons (Fsp3) is 0.800. The molecule has 1 unspecified atom stereocenters. The van der Waals surface area contributed by atoms with Gasteiger partial charge in [-0.25, -0.2) is 0 Å². The molecule has 1 atom stereocenters. The topological polar surface area (TPSA) is 42.2 Å². The largest absolute Gasteiger partial charge is 0.340 e. The van der Waals surface area contributed by atoms with Crippen molar-refractivity contribution in [1.29, 1.82) is 0 Å². The van der Waals surface area contributed by atoms with Gasteiger partial charge in [-0.2, -0.15) is 4.98 Å². The third-order valence-corrected chi connectivity index (χ3v) is 3.53. The molecule has 0 N–H and O–H groups in total. The number of hydrogen-bond acceptors (Lipinski definition) is 4. The Bertz CT molecular complexity index is 328. The van der Waals surface area contributed by atoms with Gasteiger partial charge in [-0.1, -0.05) is 5.16 Å². The number of rotatable bonds is 1. The highest BCUT2D eigenvalue weighted by Gasteiger charge is 2.37. The highest BCUT2D eigenvalue weighted by molar-refractivity contribution is 5.04. The summed E-state index contributed by atoms with van der Waals surface area (Å²) in [6, 6.07) is 0. The van der Waals surface area contributed by atoms with Crippen molar-refractivity contribution in [2.75, 3.05) is 19.6 Å². The average Bonchev–Trinajstić information content (AvgIpc) is 2.66. The molecule has 1 aromatic heterocycles. The Labute approximate surface area is 83.3 Å². The van der Waals surface area contributed by atoms with E-state index in [-0.39, 0.29) is 0 Å². The van der Waals surface area contributed by atoms with Crippen LogP contribution in [-0.4, -0.2) is 34.7 Å².